The number of nitrogens with zero attached hydrogens (tertiary/aromatic N) is 5. The standard InChI is InChI=1S/C24H27N5O5/c1-16-25-15-27(26-16)14-20-22(29(24(31)32)12-17-7-5-4-6-8-17)23(30)28(20)13-18-9-10-19(33-2)11-21(18)34-3/h4-11,15,20,22H,12-14H2,1-3H3,(H,31,32)/t20-,22+/m1/s1. The van der Waals surface area contributed by atoms with Gasteiger partial charge in [-0.15, -0.1) is 0 Å². The molecule has 2 aromatic carbocycles. The number of carbonyl (C=O) groups is 2. The lowest BCUT2D eigenvalue weighted by atomic mass is 9.91. The Hall–Kier alpha value is -4.08. The number of methoxy groups -OCH3 is 2. The Morgan fingerprint density at radius 2 is 1.91 bits per heavy atom. The van der Waals surface area contributed by atoms with Crippen molar-refractivity contribution in [2.45, 2.75) is 38.6 Å². The number of aryl methyl sites for hydroxylation is 1. The molecule has 2 heterocycles. The van der Waals surface area contributed by atoms with E-state index in [1.54, 1.807) is 49.2 Å². The molecular formula is C24H27N5O5. The summed E-state index contributed by atoms with van der Waals surface area (Å²) in [6, 6.07) is 13.4. The van der Waals surface area contributed by atoms with Crippen LogP contribution in [0.4, 0.5) is 4.79 Å². The number of β-lactam (4-membered cyclic amide) rings is 1. The zero-order chi connectivity index (χ0) is 24.2. The zero-order valence-electron chi connectivity index (χ0n) is 19.3. The number of carboxylic acid groups (broad SMARTS) is 1. The molecule has 3 aromatic rings. The third-order valence-electron chi connectivity index (χ3n) is 5.94. The quantitative estimate of drug-likeness (QED) is 0.484. The van der Waals surface area contributed by atoms with E-state index in [1.165, 1.54) is 4.90 Å². The van der Waals surface area contributed by atoms with Crippen molar-refractivity contribution in [1.29, 1.82) is 0 Å². The van der Waals surface area contributed by atoms with Gasteiger partial charge in [0.1, 0.15) is 29.7 Å². The molecule has 178 valence electrons. The van der Waals surface area contributed by atoms with Gasteiger partial charge < -0.3 is 19.5 Å². The van der Waals surface area contributed by atoms with Gasteiger partial charge in [0.05, 0.1) is 26.8 Å². The van der Waals surface area contributed by atoms with Gasteiger partial charge >= 0.3 is 6.09 Å². The molecule has 4 rings (SSSR count). The summed E-state index contributed by atoms with van der Waals surface area (Å²) >= 11 is 0. The first-order valence-corrected chi connectivity index (χ1v) is 10.8. The second kappa shape index (κ2) is 9.82. The summed E-state index contributed by atoms with van der Waals surface area (Å²) in [5.41, 5.74) is 1.60. The Kier molecular flexibility index (Phi) is 6.67. The molecule has 10 nitrogen and oxygen atoms in total. The van der Waals surface area contributed by atoms with Crippen LogP contribution in [0, 0.1) is 6.92 Å². The fraction of sp³-hybridized carbons (Fsp3) is 0.333. The first-order chi connectivity index (χ1) is 16.4. The van der Waals surface area contributed by atoms with E-state index < -0.39 is 18.2 Å². The summed E-state index contributed by atoms with van der Waals surface area (Å²) in [5, 5.41) is 14.3. The molecule has 1 aliphatic rings. The second-order valence-electron chi connectivity index (χ2n) is 8.07. The minimum Gasteiger partial charge on any atom is -0.497 e. The SMILES string of the molecule is COc1ccc(CN2C(=O)[C@@H](N(Cc3ccccc3)C(=O)O)[C@H]2Cn2cnc(C)n2)c(OC)c1. The summed E-state index contributed by atoms with van der Waals surface area (Å²) in [5.74, 6) is 1.57. The van der Waals surface area contributed by atoms with Crippen LogP contribution in [-0.4, -0.2) is 68.0 Å². The van der Waals surface area contributed by atoms with E-state index >= 15 is 0 Å². The van der Waals surface area contributed by atoms with Crippen molar-refractivity contribution in [3.63, 3.8) is 0 Å². The fourth-order valence-electron chi connectivity index (χ4n) is 4.22. The van der Waals surface area contributed by atoms with Crippen LogP contribution >= 0.6 is 0 Å². The van der Waals surface area contributed by atoms with Crippen LogP contribution in [0.3, 0.4) is 0 Å². The molecular weight excluding hydrogens is 438 g/mol. The number of ether oxygens (including phenoxy) is 2. The molecule has 34 heavy (non-hydrogen) atoms. The molecule has 10 heteroatoms. The van der Waals surface area contributed by atoms with E-state index in [4.69, 9.17) is 9.47 Å². The Balaban J connectivity index is 1.63. The Morgan fingerprint density at radius 1 is 1.15 bits per heavy atom. The van der Waals surface area contributed by atoms with E-state index in [-0.39, 0.29) is 19.0 Å². The summed E-state index contributed by atoms with van der Waals surface area (Å²) in [6.45, 7) is 2.46. The summed E-state index contributed by atoms with van der Waals surface area (Å²) in [6.07, 6.45) is 0.438. The molecule has 1 N–H and O–H groups in total. The molecule has 1 saturated heterocycles. The molecule has 0 radical (unpaired) electrons. The lowest BCUT2D eigenvalue weighted by molar-refractivity contribution is -0.160. The number of likely N-dealkylation sites (tertiary alicyclic amines) is 1. The van der Waals surface area contributed by atoms with Crippen molar-refractivity contribution in [1.82, 2.24) is 24.6 Å². The highest BCUT2D eigenvalue weighted by Crippen LogP contribution is 2.33. The predicted octanol–water partition coefficient (Wildman–Crippen LogP) is 2.56. The normalized spacial score (nSPS) is 17.3. The molecule has 1 aliphatic heterocycles. The predicted molar refractivity (Wildman–Crippen MR) is 122 cm³/mol. The van der Waals surface area contributed by atoms with Gasteiger partial charge in [-0.05, 0) is 24.6 Å². The first kappa shape index (κ1) is 23.1. The largest absolute Gasteiger partial charge is 0.497 e. The Labute approximate surface area is 197 Å². The van der Waals surface area contributed by atoms with E-state index in [0.717, 1.165) is 11.1 Å². The average Bonchev–Trinajstić information content (AvgIpc) is 3.26. The third-order valence-corrected chi connectivity index (χ3v) is 5.94. The van der Waals surface area contributed by atoms with Crippen LogP contribution in [0.1, 0.15) is 17.0 Å². The summed E-state index contributed by atoms with van der Waals surface area (Å²) in [7, 11) is 3.13. The number of carbonyl (C=O) groups excluding carboxylic acids is 1. The van der Waals surface area contributed by atoms with Gasteiger partial charge in [0, 0.05) is 24.7 Å². The highest BCUT2D eigenvalue weighted by atomic mass is 16.5. The van der Waals surface area contributed by atoms with Gasteiger partial charge in [0.2, 0.25) is 5.91 Å². The van der Waals surface area contributed by atoms with Crippen molar-refractivity contribution in [2.24, 2.45) is 0 Å². The maximum Gasteiger partial charge on any atom is 0.408 e. The van der Waals surface area contributed by atoms with Crippen LogP contribution in [-0.2, 0) is 24.4 Å². The number of benzene rings is 2. The number of rotatable bonds is 9. The lowest BCUT2D eigenvalue weighted by Gasteiger charge is -2.50. The van der Waals surface area contributed by atoms with Gasteiger partial charge in [-0.3, -0.25) is 14.4 Å². The minimum atomic E-state index is -1.15. The first-order valence-electron chi connectivity index (χ1n) is 10.8. The Bertz CT molecular complexity index is 1170. The van der Waals surface area contributed by atoms with E-state index in [2.05, 4.69) is 10.1 Å². The van der Waals surface area contributed by atoms with Crippen LogP contribution in [0.15, 0.2) is 54.9 Å². The molecule has 0 bridgehead atoms. The third kappa shape index (κ3) is 4.66. The number of amides is 2. The van der Waals surface area contributed by atoms with E-state index in [9.17, 15) is 14.7 Å². The monoisotopic (exact) mass is 465 g/mol. The minimum absolute atomic E-state index is 0.110. The van der Waals surface area contributed by atoms with Crippen molar-refractivity contribution < 1.29 is 24.2 Å². The molecule has 0 spiro atoms. The van der Waals surface area contributed by atoms with Crippen molar-refractivity contribution in [3.8, 4) is 11.5 Å². The van der Waals surface area contributed by atoms with Gasteiger partial charge in [-0.25, -0.2) is 9.78 Å². The second-order valence-corrected chi connectivity index (χ2v) is 8.07. The molecule has 2 amide bonds. The van der Waals surface area contributed by atoms with Crippen molar-refractivity contribution >= 4 is 12.0 Å². The maximum absolute atomic E-state index is 13.3. The number of hydrogen-bond acceptors (Lipinski definition) is 6. The van der Waals surface area contributed by atoms with Gasteiger partial charge in [0.15, 0.2) is 0 Å². The molecule has 0 saturated carbocycles. The topological polar surface area (TPSA) is 110 Å². The molecule has 1 aromatic heterocycles. The Morgan fingerprint density at radius 3 is 2.53 bits per heavy atom. The molecule has 0 unspecified atom stereocenters. The van der Waals surface area contributed by atoms with Gasteiger partial charge in [0.25, 0.3) is 0 Å². The van der Waals surface area contributed by atoms with Crippen LogP contribution < -0.4 is 9.47 Å². The maximum atomic E-state index is 13.3. The lowest BCUT2D eigenvalue weighted by Crippen LogP contribution is -2.71. The number of aromatic nitrogens is 3. The highest BCUT2D eigenvalue weighted by Gasteiger charge is 2.52. The van der Waals surface area contributed by atoms with E-state index in [0.29, 0.717) is 23.9 Å². The smallest absolute Gasteiger partial charge is 0.408 e. The average molecular weight is 466 g/mol. The molecule has 0 aliphatic carbocycles. The fourth-order valence-corrected chi connectivity index (χ4v) is 4.22. The zero-order valence-corrected chi connectivity index (χ0v) is 19.3. The molecule has 1 fully saturated rings. The highest BCUT2D eigenvalue weighted by molar-refractivity contribution is 5.92. The number of hydrogen-bond donors (Lipinski definition) is 1. The van der Waals surface area contributed by atoms with Gasteiger partial charge in [-0.2, -0.15) is 5.10 Å². The van der Waals surface area contributed by atoms with E-state index in [1.807, 2.05) is 36.4 Å². The molecule has 2 atom stereocenters. The van der Waals surface area contributed by atoms with Crippen LogP contribution in [0.25, 0.3) is 0 Å². The summed E-state index contributed by atoms with van der Waals surface area (Å²) in [4.78, 5) is 32.6. The summed E-state index contributed by atoms with van der Waals surface area (Å²) < 4.78 is 12.4. The van der Waals surface area contributed by atoms with Crippen LogP contribution in [0.5, 0.6) is 11.5 Å². The van der Waals surface area contributed by atoms with Gasteiger partial charge in [-0.1, -0.05) is 30.3 Å². The van der Waals surface area contributed by atoms with Crippen LogP contribution in [0.2, 0.25) is 0 Å². The van der Waals surface area contributed by atoms with Crippen molar-refractivity contribution in [3.05, 3.63) is 71.8 Å². The van der Waals surface area contributed by atoms with Crippen molar-refractivity contribution in [2.75, 3.05) is 14.2 Å².